The van der Waals surface area contributed by atoms with Crippen molar-refractivity contribution < 1.29 is 4.19 Å². The zero-order valence-corrected chi connectivity index (χ0v) is 7.45. The van der Waals surface area contributed by atoms with Gasteiger partial charge in [-0.1, -0.05) is 0 Å². The minimum atomic E-state index is -1.61. The Morgan fingerprint density at radius 1 is 1.56 bits per heavy atom. The molecule has 1 N–H and O–H groups in total. The van der Waals surface area contributed by atoms with Gasteiger partial charge >= 0.3 is 59.1 Å². The Morgan fingerprint density at radius 3 is 2.44 bits per heavy atom. The summed E-state index contributed by atoms with van der Waals surface area (Å²) in [5.74, 6) is 0. The van der Waals surface area contributed by atoms with Crippen LogP contribution >= 0.6 is 0 Å². The van der Waals surface area contributed by atoms with E-state index in [4.69, 9.17) is 4.19 Å². The van der Waals surface area contributed by atoms with E-state index in [1.807, 2.05) is 35.0 Å². The van der Waals surface area contributed by atoms with Gasteiger partial charge in [0, 0.05) is 0 Å². The Morgan fingerprint density at radius 2 is 2.22 bits per heavy atom. The first kappa shape index (κ1) is 6.87. The maximum atomic E-state index is 9.10. The summed E-state index contributed by atoms with van der Waals surface area (Å²) < 4.78 is 9.10. The summed E-state index contributed by atoms with van der Waals surface area (Å²) in [7, 11) is 3.95. The molecule has 1 heterocycles. The standard InChI is InChI=1S/C6H11NOSe/c1-7(2)6-3-4-9(8)5-6/h3-5,8-9H,1-2H3. The fraction of sp³-hybridized carbons (Fsp3) is 0.333. The van der Waals surface area contributed by atoms with Crippen molar-refractivity contribution in [1.29, 1.82) is 0 Å². The molecule has 0 amide bonds. The summed E-state index contributed by atoms with van der Waals surface area (Å²) in [5, 5.41) is 0. The minimum absolute atomic E-state index is 1.14. The van der Waals surface area contributed by atoms with Gasteiger partial charge in [0.05, 0.1) is 0 Å². The molecule has 1 aliphatic heterocycles. The van der Waals surface area contributed by atoms with Crippen LogP contribution in [0.5, 0.6) is 0 Å². The summed E-state index contributed by atoms with van der Waals surface area (Å²) in [4.78, 5) is 5.86. The second-order valence-corrected chi connectivity index (χ2v) is 4.91. The summed E-state index contributed by atoms with van der Waals surface area (Å²) in [6, 6.07) is 0. The molecule has 0 aromatic carbocycles. The number of nitrogens with zero attached hydrogens (tertiary/aromatic N) is 1. The van der Waals surface area contributed by atoms with Gasteiger partial charge in [-0.15, -0.1) is 0 Å². The number of rotatable bonds is 1. The van der Waals surface area contributed by atoms with Crippen molar-refractivity contribution in [2.75, 3.05) is 14.1 Å². The molecule has 1 rings (SSSR count). The van der Waals surface area contributed by atoms with Crippen LogP contribution < -0.4 is 0 Å². The van der Waals surface area contributed by atoms with Crippen molar-refractivity contribution in [3.8, 4) is 0 Å². The van der Waals surface area contributed by atoms with Gasteiger partial charge in [0.25, 0.3) is 0 Å². The molecule has 3 heteroatoms. The third-order valence-electron chi connectivity index (χ3n) is 1.18. The van der Waals surface area contributed by atoms with Crippen LogP contribution in [0.2, 0.25) is 0 Å². The molecule has 0 radical (unpaired) electrons. The summed E-state index contributed by atoms with van der Waals surface area (Å²) in [6.45, 7) is 0. The van der Waals surface area contributed by atoms with Crippen molar-refractivity contribution >= 4 is 14.2 Å². The Hall–Kier alpha value is -0.241. The Labute approximate surface area is 59.7 Å². The van der Waals surface area contributed by atoms with Crippen LogP contribution in [-0.2, 0) is 0 Å². The topological polar surface area (TPSA) is 23.5 Å². The first-order chi connectivity index (χ1) is 4.20. The zero-order valence-electron chi connectivity index (χ0n) is 5.57. The Kier molecular flexibility index (Phi) is 1.96. The van der Waals surface area contributed by atoms with Crippen molar-refractivity contribution in [3.63, 3.8) is 0 Å². The van der Waals surface area contributed by atoms with Crippen LogP contribution in [0, 0.1) is 0 Å². The van der Waals surface area contributed by atoms with Crippen molar-refractivity contribution in [2.24, 2.45) is 0 Å². The van der Waals surface area contributed by atoms with E-state index >= 15 is 0 Å². The number of hydrogen-bond donors (Lipinski definition) is 1. The van der Waals surface area contributed by atoms with Crippen LogP contribution in [0.1, 0.15) is 0 Å². The molecule has 0 aliphatic carbocycles. The SMILES string of the molecule is CN(C)C1=C[SeH](O)C=C1. The second kappa shape index (κ2) is 2.56. The van der Waals surface area contributed by atoms with Crippen LogP contribution in [0.15, 0.2) is 21.7 Å². The quantitative estimate of drug-likeness (QED) is 0.581. The number of likely N-dealkylation sites (N-methyl/N-ethyl adjacent to an activating group) is 1. The predicted octanol–water partition coefficient (Wildman–Crippen LogP) is -0.204. The number of allylic oxidation sites excluding steroid dienone is 1. The Balaban J connectivity index is 2.64. The van der Waals surface area contributed by atoms with Gasteiger partial charge < -0.3 is 0 Å². The summed E-state index contributed by atoms with van der Waals surface area (Å²) in [5.41, 5.74) is 1.14. The fourth-order valence-electron chi connectivity index (χ4n) is 0.639. The van der Waals surface area contributed by atoms with Gasteiger partial charge in [0.1, 0.15) is 0 Å². The molecule has 0 spiro atoms. The first-order valence-electron chi connectivity index (χ1n) is 2.75. The van der Waals surface area contributed by atoms with E-state index in [-0.39, 0.29) is 0 Å². The van der Waals surface area contributed by atoms with Crippen molar-refractivity contribution in [2.45, 2.75) is 0 Å². The van der Waals surface area contributed by atoms with E-state index in [0.29, 0.717) is 0 Å². The molecule has 0 aromatic rings. The molecular formula is C6H11NOSe. The third-order valence-corrected chi connectivity index (χ3v) is 3.24. The van der Waals surface area contributed by atoms with E-state index in [2.05, 4.69) is 0 Å². The van der Waals surface area contributed by atoms with E-state index in [0.717, 1.165) is 5.70 Å². The van der Waals surface area contributed by atoms with Gasteiger partial charge in [0.2, 0.25) is 0 Å². The molecule has 0 fully saturated rings. The van der Waals surface area contributed by atoms with Gasteiger partial charge in [-0.05, 0) is 0 Å². The average molecular weight is 192 g/mol. The molecular weight excluding hydrogens is 181 g/mol. The van der Waals surface area contributed by atoms with Crippen LogP contribution in [0.4, 0.5) is 0 Å². The van der Waals surface area contributed by atoms with Crippen molar-refractivity contribution in [1.82, 2.24) is 4.90 Å². The molecule has 52 valence electrons. The van der Waals surface area contributed by atoms with E-state index in [9.17, 15) is 0 Å². The van der Waals surface area contributed by atoms with E-state index in [1.54, 1.807) is 0 Å². The van der Waals surface area contributed by atoms with Gasteiger partial charge in [-0.2, -0.15) is 0 Å². The second-order valence-electron chi connectivity index (χ2n) is 2.14. The fourth-order valence-corrected chi connectivity index (χ4v) is 2.69. The summed E-state index contributed by atoms with van der Waals surface area (Å²) in [6.07, 6.45) is 1.97. The van der Waals surface area contributed by atoms with Crippen LogP contribution in [-0.4, -0.2) is 37.4 Å². The average Bonchev–Trinajstić information content (AvgIpc) is 2.14. The monoisotopic (exact) mass is 193 g/mol. The molecule has 9 heavy (non-hydrogen) atoms. The normalized spacial score (nSPS) is 28.3. The van der Waals surface area contributed by atoms with Crippen LogP contribution in [0.25, 0.3) is 0 Å². The van der Waals surface area contributed by atoms with Crippen LogP contribution in [0.3, 0.4) is 0 Å². The Bertz CT molecular complexity index is 162. The third kappa shape index (κ3) is 1.58. The zero-order chi connectivity index (χ0) is 6.85. The van der Waals surface area contributed by atoms with Gasteiger partial charge in [-0.3, -0.25) is 0 Å². The van der Waals surface area contributed by atoms with Crippen molar-refractivity contribution in [3.05, 3.63) is 21.7 Å². The molecule has 1 aliphatic rings. The summed E-state index contributed by atoms with van der Waals surface area (Å²) >= 11 is -1.61. The predicted molar refractivity (Wildman–Crippen MR) is 40.3 cm³/mol. The van der Waals surface area contributed by atoms with Gasteiger partial charge in [0.15, 0.2) is 0 Å². The maximum absolute atomic E-state index is 9.10. The molecule has 0 bridgehead atoms. The molecule has 1 unspecified atom stereocenters. The molecule has 0 saturated heterocycles. The van der Waals surface area contributed by atoms with E-state index in [1.165, 1.54) is 0 Å². The van der Waals surface area contributed by atoms with E-state index < -0.39 is 14.2 Å². The number of hydrogen-bond acceptors (Lipinski definition) is 2. The van der Waals surface area contributed by atoms with Gasteiger partial charge in [-0.25, -0.2) is 0 Å². The molecule has 2 nitrogen and oxygen atoms in total. The molecule has 0 aromatic heterocycles. The molecule has 0 saturated carbocycles. The first-order valence-corrected chi connectivity index (χ1v) is 5.75. The molecule has 1 atom stereocenters.